The molecule has 1 aromatic heterocycles. The Labute approximate surface area is 116 Å². The first kappa shape index (κ1) is 12.1. The van der Waals surface area contributed by atoms with Crippen molar-refractivity contribution in [2.45, 2.75) is 6.42 Å². The number of nitrogens with two attached hydrogens (primary N) is 1. The van der Waals surface area contributed by atoms with Crippen LogP contribution in [0.1, 0.15) is 5.56 Å². The van der Waals surface area contributed by atoms with E-state index < -0.39 is 0 Å². The minimum Gasteiger partial charge on any atom is -0.345 e. The summed E-state index contributed by atoms with van der Waals surface area (Å²) in [7, 11) is 0. The third-order valence-electron chi connectivity index (χ3n) is 3.03. The van der Waals surface area contributed by atoms with Crippen LogP contribution < -0.4 is 11.1 Å². The Morgan fingerprint density at radius 3 is 2.63 bits per heavy atom. The highest BCUT2D eigenvalue weighted by Gasteiger charge is 2.05. The van der Waals surface area contributed by atoms with E-state index in [1.807, 2.05) is 18.2 Å². The van der Waals surface area contributed by atoms with Gasteiger partial charge in [-0.15, -0.1) is 0 Å². The summed E-state index contributed by atoms with van der Waals surface area (Å²) in [6.45, 7) is 0.687. The number of rotatable bonds is 4. The van der Waals surface area contributed by atoms with Crippen LogP contribution in [0.25, 0.3) is 10.9 Å². The quantitative estimate of drug-likeness (QED) is 0.761. The molecule has 0 spiro atoms. The van der Waals surface area contributed by atoms with E-state index in [9.17, 15) is 0 Å². The largest absolute Gasteiger partial charge is 0.345 e. The highest BCUT2D eigenvalue weighted by Crippen LogP contribution is 2.30. The average molecular weight is 269 g/mol. The lowest BCUT2D eigenvalue weighted by Gasteiger charge is -2.05. The highest BCUT2D eigenvalue weighted by atomic mass is 32.1. The molecule has 3 N–H and O–H groups in total. The molecule has 3 rings (SSSR count). The van der Waals surface area contributed by atoms with Gasteiger partial charge < -0.3 is 11.1 Å². The molecule has 19 heavy (non-hydrogen) atoms. The van der Waals surface area contributed by atoms with Gasteiger partial charge in [0.1, 0.15) is 5.00 Å². The molecule has 0 saturated heterocycles. The summed E-state index contributed by atoms with van der Waals surface area (Å²) in [5, 5.41) is 5.67. The number of nitrogens with one attached hydrogen (secondary N) is 1. The van der Waals surface area contributed by atoms with Gasteiger partial charge in [0.15, 0.2) is 0 Å². The van der Waals surface area contributed by atoms with Gasteiger partial charge in [0.25, 0.3) is 0 Å². The zero-order valence-electron chi connectivity index (χ0n) is 10.5. The van der Waals surface area contributed by atoms with E-state index in [0.717, 1.165) is 22.6 Å². The van der Waals surface area contributed by atoms with E-state index in [0.29, 0.717) is 6.54 Å². The lowest BCUT2D eigenvalue weighted by Crippen LogP contribution is -2.02. The van der Waals surface area contributed by atoms with E-state index in [2.05, 4.69) is 40.0 Å². The maximum absolute atomic E-state index is 5.55. The lowest BCUT2D eigenvalue weighted by atomic mass is 10.1. The molecule has 4 heteroatoms. The monoisotopic (exact) mass is 269 g/mol. The number of anilines is 2. The second kappa shape index (κ2) is 5.38. The summed E-state index contributed by atoms with van der Waals surface area (Å²) in [4.78, 5) is 0. The first-order valence-corrected chi connectivity index (χ1v) is 7.04. The molecule has 3 aromatic rings. The van der Waals surface area contributed by atoms with Crippen molar-refractivity contribution < 1.29 is 0 Å². The SMILES string of the molecule is NCCc1ccc(Nc2snc3ccccc23)cc1. The summed E-state index contributed by atoms with van der Waals surface area (Å²) in [5.41, 5.74) is 8.93. The third kappa shape index (κ3) is 2.59. The average Bonchev–Trinajstić information content (AvgIpc) is 2.85. The molecule has 3 nitrogen and oxygen atoms in total. The van der Waals surface area contributed by atoms with Crippen molar-refractivity contribution in [3.05, 3.63) is 54.1 Å². The van der Waals surface area contributed by atoms with Crippen LogP contribution in [0.15, 0.2) is 48.5 Å². The van der Waals surface area contributed by atoms with Crippen LogP contribution in [0.4, 0.5) is 10.7 Å². The number of fused-ring (bicyclic) bond motifs is 1. The fraction of sp³-hybridized carbons (Fsp3) is 0.133. The van der Waals surface area contributed by atoms with Crippen molar-refractivity contribution in [2.24, 2.45) is 5.73 Å². The van der Waals surface area contributed by atoms with Gasteiger partial charge >= 0.3 is 0 Å². The fourth-order valence-corrected chi connectivity index (χ4v) is 2.82. The van der Waals surface area contributed by atoms with Gasteiger partial charge in [-0.05, 0) is 54.3 Å². The number of hydrogen-bond acceptors (Lipinski definition) is 4. The van der Waals surface area contributed by atoms with Gasteiger partial charge in [0, 0.05) is 11.1 Å². The smallest absolute Gasteiger partial charge is 0.121 e. The molecule has 0 bridgehead atoms. The molecule has 96 valence electrons. The van der Waals surface area contributed by atoms with Crippen molar-refractivity contribution in [2.75, 3.05) is 11.9 Å². The van der Waals surface area contributed by atoms with Gasteiger partial charge in [0.2, 0.25) is 0 Å². The van der Waals surface area contributed by atoms with Crippen LogP contribution in [-0.2, 0) is 6.42 Å². The molecule has 0 amide bonds. The van der Waals surface area contributed by atoms with E-state index in [4.69, 9.17) is 5.73 Å². The molecule has 1 heterocycles. The zero-order chi connectivity index (χ0) is 13.1. The number of hydrogen-bond donors (Lipinski definition) is 2. The van der Waals surface area contributed by atoms with Crippen molar-refractivity contribution in [3.8, 4) is 0 Å². The maximum atomic E-state index is 5.55. The Balaban J connectivity index is 1.84. The normalized spacial score (nSPS) is 10.8. The van der Waals surface area contributed by atoms with Crippen LogP contribution in [0.3, 0.4) is 0 Å². The summed E-state index contributed by atoms with van der Waals surface area (Å²) < 4.78 is 4.42. The second-order valence-corrected chi connectivity index (χ2v) is 5.16. The van der Waals surface area contributed by atoms with E-state index >= 15 is 0 Å². The third-order valence-corrected chi connectivity index (χ3v) is 3.82. The Morgan fingerprint density at radius 1 is 1.05 bits per heavy atom. The van der Waals surface area contributed by atoms with Gasteiger partial charge in [-0.2, -0.15) is 4.37 Å². The van der Waals surface area contributed by atoms with Crippen molar-refractivity contribution in [1.29, 1.82) is 0 Å². The molecule has 0 aliphatic rings. The van der Waals surface area contributed by atoms with Crippen LogP contribution in [0.2, 0.25) is 0 Å². The molecule has 0 unspecified atom stereocenters. The van der Waals surface area contributed by atoms with E-state index in [1.54, 1.807) is 0 Å². The first-order valence-electron chi connectivity index (χ1n) is 6.27. The molecule has 0 aliphatic carbocycles. The number of nitrogens with zero attached hydrogens (tertiary/aromatic N) is 1. The molecule has 0 saturated carbocycles. The molecule has 0 atom stereocenters. The molecule has 2 aromatic carbocycles. The standard InChI is InChI=1S/C15H15N3S/c16-10-9-11-5-7-12(8-6-11)17-15-13-3-1-2-4-14(13)18-19-15/h1-8,17H,9-10,16H2. The summed E-state index contributed by atoms with van der Waals surface area (Å²) in [5.74, 6) is 0. The predicted octanol–water partition coefficient (Wildman–Crippen LogP) is 3.54. The number of aromatic nitrogens is 1. The summed E-state index contributed by atoms with van der Waals surface area (Å²) >= 11 is 1.49. The van der Waals surface area contributed by atoms with Crippen LogP contribution in [0, 0.1) is 0 Å². The second-order valence-electron chi connectivity index (χ2n) is 4.39. The van der Waals surface area contributed by atoms with Gasteiger partial charge in [-0.25, -0.2) is 0 Å². The fourth-order valence-electron chi connectivity index (χ4n) is 2.03. The lowest BCUT2D eigenvalue weighted by molar-refractivity contribution is 0.969. The van der Waals surface area contributed by atoms with Crippen molar-refractivity contribution in [3.63, 3.8) is 0 Å². The molecule has 0 fully saturated rings. The van der Waals surface area contributed by atoms with Crippen LogP contribution in [-0.4, -0.2) is 10.9 Å². The zero-order valence-corrected chi connectivity index (χ0v) is 11.3. The Bertz CT molecular complexity index is 673. The first-order chi connectivity index (χ1) is 9.36. The van der Waals surface area contributed by atoms with Crippen molar-refractivity contribution in [1.82, 2.24) is 4.37 Å². The molecular formula is C15H15N3S. The Kier molecular flexibility index (Phi) is 3.44. The van der Waals surface area contributed by atoms with Crippen molar-refractivity contribution >= 4 is 33.1 Å². The molecule has 0 radical (unpaired) electrons. The Morgan fingerprint density at radius 2 is 1.84 bits per heavy atom. The van der Waals surface area contributed by atoms with E-state index in [1.165, 1.54) is 22.5 Å². The highest BCUT2D eigenvalue weighted by molar-refractivity contribution is 7.11. The minimum absolute atomic E-state index is 0.687. The Hall–Kier alpha value is -1.91. The topological polar surface area (TPSA) is 50.9 Å². The van der Waals surface area contributed by atoms with Crippen LogP contribution >= 0.6 is 11.5 Å². The molecule has 0 aliphatic heterocycles. The summed E-state index contributed by atoms with van der Waals surface area (Å²) in [6.07, 6.45) is 0.920. The van der Waals surface area contributed by atoms with E-state index in [-0.39, 0.29) is 0 Å². The van der Waals surface area contributed by atoms with Gasteiger partial charge in [-0.3, -0.25) is 0 Å². The minimum atomic E-state index is 0.687. The summed E-state index contributed by atoms with van der Waals surface area (Å²) in [6, 6.07) is 16.5. The van der Waals surface area contributed by atoms with Gasteiger partial charge in [-0.1, -0.05) is 24.3 Å². The maximum Gasteiger partial charge on any atom is 0.121 e. The predicted molar refractivity (Wildman–Crippen MR) is 82.1 cm³/mol. The molecular weight excluding hydrogens is 254 g/mol. The number of benzene rings is 2. The van der Waals surface area contributed by atoms with Gasteiger partial charge in [0.05, 0.1) is 5.52 Å². The van der Waals surface area contributed by atoms with Crippen LogP contribution in [0.5, 0.6) is 0 Å².